The zero-order valence-electron chi connectivity index (χ0n) is 18.1. The van der Waals surface area contributed by atoms with E-state index in [0.29, 0.717) is 22.1 Å². The Morgan fingerprint density at radius 2 is 2.03 bits per heavy atom. The number of benzene rings is 2. The van der Waals surface area contributed by atoms with E-state index in [9.17, 15) is 9.18 Å². The van der Waals surface area contributed by atoms with Crippen LogP contribution in [-0.4, -0.2) is 27.0 Å². The third-order valence-electron chi connectivity index (χ3n) is 5.11. The van der Waals surface area contributed by atoms with Gasteiger partial charge in [-0.25, -0.2) is 9.37 Å². The summed E-state index contributed by atoms with van der Waals surface area (Å²) in [6.07, 6.45) is 5.05. The van der Waals surface area contributed by atoms with E-state index in [2.05, 4.69) is 20.6 Å². The van der Waals surface area contributed by atoms with Crippen molar-refractivity contribution in [2.75, 3.05) is 11.9 Å². The van der Waals surface area contributed by atoms with Crippen LogP contribution in [0.15, 0.2) is 67.1 Å². The maximum absolute atomic E-state index is 13.3. The van der Waals surface area contributed by atoms with Crippen molar-refractivity contribution in [2.24, 2.45) is 5.73 Å². The van der Waals surface area contributed by atoms with Crippen molar-refractivity contribution >= 4 is 40.7 Å². The molecule has 4 N–H and O–H groups in total. The minimum atomic E-state index is -0.438. The monoisotopic (exact) mass is 498 g/mol. The fraction of sp³-hybridized carbons (Fsp3) is 0.125. The molecule has 174 valence electrons. The van der Waals surface area contributed by atoms with Gasteiger partial charge in [0, 0.05) is 35.7 Å². The number of amides is 1. The van der Waals surface area contributed by atoms with E-state index in [1.54, 1.807) is 41.4 Å². The van der Waals surface area contributed by atoms with E-state index in [-0.39, 0.29) is 29.5 Å². The highest BCUT2D eigenvalue weighted by atomic mass is 35.5. The highest BCUT2D eigenvalue weighted by molar-refractivity contribution is 6.33. The van der Waals surface area contributed by atoms with Crippen LogP contribution in [0.2, 0.25) is 10.0 Å². The summed E-state index contributed by atoms with van der Waals surface area (Å²) in [6, 6.07) is 12.5. The Bertz CT molecular complexity index is 1340. The van der Waals surface area contributed by atoms with Gasteiger partial charge in [-0.1, -0.05) is 35.3 Å². The Balaban J connectivity index is 1.54. The zero-order valence-corrected chi connectivity index (χ0v) is 19.6. The lowest BCUT2D eigenvalue weighted by atomic mass is 10.1. The Morgan fingerprint density at radius 3 is 2.76 bits per heavy atom. The molecule has 0 fully saturated rings. The van der Waals surface area contributed by atoms with Crippen molar-refractivity contribution in [3.63, 3.8) is 0 Å². The Kier molecular flexibility index (Phi) is 7.12. The predicted molar refractivity (Wildman–Crippen MR) is 132 cm³/mol. The van der Waals surface area contributed by atoms with Gasteiger partial charge in [-0.15, -0.1) is 0 Å². The fourth-order valence-electron chi connectivity index (χ4n) is 3.37. The average Bonchev–Trinajstić information content (AvgIpc) is 3.30. The molecule has 2 heterocycles. The molecule has 0 radical (unpaired) electrons. The van der Waals surface area contributed by atoms with Gasteiger partial charge in [-0.2, -0.15) is 4.98 Å². The van der Waals surface area contributed by atoms with Gasteiger partial charge in [0.1, 0.15) is 11.6 Å². The number of nitrogens with two attached hydrogens (primary N) is 1. The molecule has 0 aliphatic rings. The molecule has 10 heteroatoms. The summed E-state index contributed by atoms with van der Waals surface area (Å²) >= 11 is 12.2. The number of nitrogens with one attached hydrogen (secondary N) is 2. The molecule has 0 bridgehead atoms. The number of anilines is 2. The summed E-state index contributed by atoms with van der Waals surface area (Å²) in [4.78, 5) is 21.7. The standard InChI is InChI=1S/C24H21Cl2FN6O/c1-14-12-29-24(31-20-6-5-18(27)10-19(20)26)32-22(14)33-8-7-16(13-33)23(34)30-21(11-28)15-3-2-4-17(25)9-15/h2-10,12-13,21H,11,28H2,1H3,(H,30,34)(H,29,31,32). The van der Waals surface area contributed by atoms with Crippen molar-refractivity contribution in [1.82, 2.24) is 19.9 Å². The van der Waals surface area contributed by atoms with Crippen molar-refractivity contribution < 1.29 is 9.18 Å². The molecule has 0 saturated carbocycles. The van der Waals surface area contributed by atoms with Crippen molar-refractivity contribution in [1.29, 1.82) is 0 Å². The van der Waals surface area contributed by atoms with Crippen LogP contribution in [0.1, 0.15) is 27.5 Å². The van der Waals surface area contributed by atoms with E-state index in [4.69, 9.17) is 28.9 Å². The Morgan fingerprint density at radius 1 is 1.21 bits per heavy atom. The van der Waals surface area contributed by atoms with Gasteiger partial charge in [0.15, 0.2) is 0 Å². The van der Waals surface area contributed by atoms with Gasteiger partial charge in [0.05, 0.1) is 22.3 Å². The van der Waals surface area contributed by atoms with E-state index >= 15 is 0 Å². The molecule has 0 saturated heterocycles. The lowest BCUT2D eigenvalue weighted by molar-refractivity contribution is 0.0938. The molecular weight excluding hydrogens is 478 g/mol. The van der Waals surface area contributed by atoms with Crippen LogP contribution in [-0.2, 0) is 0 Å². The molecule has 0 aliphatic carbocycles. The molecule has 34 heavy (non-hydrogen) atoms. The molecule has 1 atom stereocenters. The van der Waals surface area contributed by atoms with Crippen molar-refractivity contribution in [2.45, 2.75) is 13.0 Å². The Hall–Kier alpha value is -3.46. The zero-order chi connectivity index (χ0) is 24.2. The van der Waals surface area contributed by atoms with Gasteiger partial charge < -0.3 is 20.9 Å². The van der Waals surface area contributed by atoms with E-state index in [1.165, 1.54) is 18.2 Å². The largest absolute Gasteiger partial charge is 0.344 e. The minimum absolute atomic E-state index is 0.208. The highest BCUT2D eigenvalue weighted by Crippen LogP contribution is 2.25. The van der Waals surface area contributed by atoms with Gasteiger partial charge in [0.2, 0.25) is 5.95 Å². The number of nitrogens with zero attached hydrogens (tertiary/aromatic N) is 3. The average molecular weight is 499 g/mol. The van der Waals surface area contributed by atoms with Crippen LogP contribution in [0.3, 0.4) is 0 Å². The molecule has 4 rings (SSSR count). The first-order valence-electron chi connectivity index (χ1n) is 10.3. The third-order valence-corrected chi connectivity index (χ3v) is 5.66. The summed E-state index contributed by atoms with van der Waals surface area (Å²) < 4.78 is 15.0. The molecule has 1 unspecified atom stereocenters. The minimum Gasteiger partial charge on any atom is -0.344 e. The lowest BCUT2D eigenvalue weighted by Crippen LogP contribution is -2.33. The van der Waals surface area contributed by atoms with Crippen LogP contribution < -0.4 is 16.4 Å². The molecular formula is C24H21Cl2FN6O. The summed E-state index contributed by atoms with van der Waals surface area (Å²) in [5, 5.41) is 6.70. The van der Waals surface area contributed by atoms with Crippen LogP contribution in [0, 0.1) is 12.7 Å². The fourth-order valence-corrected chi connectivity index (χ4v) is 3.78. The second-order valence-electron chi connectivity index (χ2n) is 7.57. The Labute approximate surface area is 205 Å². The van der Waals surface area contributed by atoms with Crippen LogP contribution in [0.25, 0.3) is 5.82 Å². The second kappa shape index (κ2) is 10.2. The van der Waals surface area contributed by atoms with E-state index < -0.39 is 5.82 Å². The highest BCUT2D eigenvalue weighted by Gasteiger charge is 2.17. The van der Waals surface area contributed by atoms with E-state index in [0.717, 1.165) is 11.1 Å². The number of aromatic nitrogens is 3. The van der Waals surface area contributed by atoms with Gasteiger partial charge in [0.25, 0.3) is 5.91 Å². The summed E-state index contributed by atoms with van der Waals surface area (Å²) in [5.74, 6) is 0.127. The smallest absolute Gasteiger partial charge is 0.253 e. The number of rotatable bonds is 7. The number of carbonyl (C=O) groups excluding carboxylic acids is 1. The van der Waals surface area contributed by atoms with Crippen molar-refractivity contribution in [3.05, 3.63) is 99.7 Å². The first kappa shape index (κ1) is 23.7. The summed E-state index contributed by atoms with van der Waals surface area (Å²) in [5.41, 5.74) is 8.40. The normalized spacial score (nSPS) is 11.8. The van der Waals surface area contributed by atoms with E-state index in [1.807, 2.05) is 19.1 Å². The molecule has 4 aromatic rings. The third kappa shape index (κ3) is 5.36. The molecule has 2 aromatic carbocycles. The van der Waals surface area contributed by atoms with Gasteiger partial charge in [-0.05, 0) is 48.9 Å². The molecule has 0 aliphatic heterocycles. The number of hydrogen-bond acceptors (Lipinski definition) is 5. The van der Waals surface area contributed by atoms with Gasteiger partial charge in [-0.3, -0.25) is 4.79 Å². The first-order chi connectivity index (χ1) is 16.3. The summed E-state index contributed by atoms with van der Waals surface area (Å²) in [6.45, 7) is 2.08. The second-order valence-corrected chi connectivity index (χ2v) is 8.42. The van der Waals surface area contributed by atoms with Crippen molar-refractivity contribution in [3.8, 4) is 5.82 Å². The van der Waals surface area contributed by atoms with Crippen LogP contribution in [0.5, 0.6) is 0 Å². The molecule has 2 aromatic heterocycles. The summed E-state index contributed by atoms with van der Waals surface area (Å²) in [7, 11) is 0. The molecule has 1 amide bonds. The topological polar surface area (TPSA) is 97.9 Å². The number of halogens is 3. The lowest BCUT2D eigenvalue weighted by Gasteiger charge is -2.17. The molecule has 0 spiro atoms. The predicted octanol–water partition coefficient (Wildman–Crippen LogP) is 5.20. The number of hydrogen-bond donors (Lipinski definition) is 3. The maximum atomic E-state index is 13.3. The first-order valence-corrected chi connectivity index (χ1v) is 11.1. The molecule has 7 nitrogen and oxygen atoms in total. The number of aryl methyl sites for hydroxylation is 1. The maximum Gasteiger partial charge on any atom is 0.253 e. The van der Waals surface area contributed by atoms with Crippen LogP contribution in [0.4, 0.5) is 16.0 Å². The van der Waals surface area contributed by atoms with Gasteiger partial charge >= 0.3 is 0 Å². The van der Waals surface area contributed by atoms with Crippen LogP contribution >= 0.6 is 23.2 Å². The number of carbonyl (C=O) groups is 1. The quantitative estimate of drug-likeness (QED) is 0.325. The SMILES string of the molecule is Cc1cnc(Nc2ccc(F)cc2Cl)nc1-n1ccc(C(=O)NC(CN)c2cccc(Cl)c2)c1.